The Hall–Kier alpha value is -3.99. The molecule has 34 heavy (non-hydrogen) atoms. The molecule has 4 rings (SSSR count). The van der Waals surface area contributed by atoms with Gasteiger partial charge in [0.05, 0.1) is 19.2 Å². The van der Waals surface area contributed by atoms with Gasteiger partial charge >= 0.3 is 0 Å². The van der Waals surface area contributed by atoms with E-state index in [0.717, 1.165) is 5.56 Å². The van der Waals surface area contributed by atoms with Crippen LogP contribution in [0.5, 0.6) is 5.75 Å². The maximum atomic E-state index is 13.2. The number of aryl methyl sites for hydroxylation is 1. The lowest BCUT2D eigenvalue weighted by Crippen LogP contribution is -2.31. The second-order valence-corrected chi connectivity index (χ2v) is 8.08. The lowest BCUT2D eigenvalue weighted by atomic mass is 9.85. The van der Waals surface area contributed by atoms with Gasteiger partial charge in [0.2, 0.25) is 5.75 Å². The van der Waals surface area contributed by atoms with Gasteiger partial charge in [-0.25, -0.2) is 4.98 Å². The van der Waals surface area contributed by atoms with Gasteiger partial charge < -0.3 is 19.1 Å². The molecule has 0 saturated heterocycles. The van der Waals surface area contributed by atoms with Crippen molar-refractivity contribution in [1.29, 1.82) is 0 Å². The van der Waals surface area contributed by atoms with Crippen LogP contribution in [0.4, 0.5) is 5.69 Å². The zero-order valence-corrected chi connectivity index (χ0v) is 19.6. The number of amides is 1. The van der Waals surface area contributed by atoms with Crippen LogP contribution >= 0.6 is 11.6 Å². The molecule has 1 aromatic carbocycles. The summed E-state index contributed by atoms with van der Waals surface area (Å²) in [7, 11) is 4.71. The standard InChI is InChI=1S/C22H22ClN7O4/c1-12(16(20-28-24-11-29(20)2)14-7-5-6-8-15(14)23)19-27-17(18(33-4)22(32)30(19)3)21(31)26-13-9-25-34-10-13/h5-12,16H,1-4H3,(H,26,31). The molecule has 0 radical (unpaired) electrons. The fourth-order valence-electron chi connectivity index (χ4n) is 3.88. The molecule has 0 fully saturated rings. The topological polar surface area (TPSA) is 130 Å². The number of methoxy groups -OCH3 is 1. The first kappa shape index (κ1) is 23.2. The van der Waals surface area contributed by atoms with Gasteiger partial charge in [-0.2, -0.15) is 0 Å². The minimum absolute atomic E-state index is 0.162. The molecule has 2 unspecified atom stereocenters. The number of anilines is 1. The Morgan fingerprint density at radius 2 is 2.00 bits per heavy atom. The van der Waals surface area contributed by atoms with Gasteiger partial charge in [0.15, 0.2) is 5.69 Å². The normalized spacial score (nSPS) is 12.9. The molecule has 4 aromatic rings. The summed E-state index contributed by atoms with van der Waals surface area (Å²) < 4.78 is 13.1. The van der Waals surface area contributed by atoms with E-state index in [1.165, 1.54) is 24.1 Å². The van der Waals surface area contributed by atoms with E-state index in [1.807, 2.05) is 32.2 Å². The predicted molar refractivity (Wildman–Crippen MR) is 123 cm³/mol. The largest absolute Gasteiger partial charge is 0.489 e. The number of rotatable bonds is 7. The highest BCUT2D eigenvalue weighted by Crippen LogP contribution is 2.39. The maximum absolute atomic E-state index is 13.2. The molecule has 1 amide bonds. The molecule has 1 N–H and O–H groups in total. The summed E-state index contributed by atoms with van der Waals surface area (Å²) in [5, 5.41) is 15.0. The van der Waals surface area contributed by atoms with Crippen LogP contribution in [0.2, 0.25) is 5.02 Å². The summed E-state index contributed by atoms with van der Waals surface area (Å²) in [4.78, 5) is 30.7. The second-order valence-electron chi connectivity index (χ2n) is 7.67. The lowest BCUT2D eigenvalue weighted by Gasteiger charge is -2.26. The number of benzene rings is 1. The number of carbonyl (C=O) groups is 1. The van der Waals surface area contributed by atoms with Crippen molar-refractivity contribution in [1.82, 2.24) is 29.5 Å². The highest BCUT2D eigenvalue weighted by Gasteiger charge is 2.33. The maximum Gasteiger partial charge on any atom is 0.296 e. The molecule has 0 bridgehead atoms. The highest BCUT2D eigenvalue weighted by molar-refractivity contribution is 6.31. The van der Waals surface area contributed by atoms with Gasteiger partial charge in [-0.15, -0.1) is 10.2 Å². The Labute approximate surface area is 199 Å². The van der Waals surface area contributed by atoms with Crippen molar-refractivity contribution in [2.24, 2.45) is 14.1 Å². The molecule has 0 aliphatic carbocycles. The number of nitrogens with one attached hydrogen (secondary N) is 1. The lowest BCUT2D eigenvalue weighted by molar-refractivity contribution is 0.101. The first-order valence-electron chi connectivity index (χ1n) is 10.3. The van der Waals surface area contributed by atoms with Crippen LogP contribution in [0.15, 0.2) is 52.4 Å². The molecule has 0 aliphatic heterocycles. The third-order valence-corrected chi connectivity index (χ3v) is 5.91. The van der Waals surface area contributed by atoms with Gasteiger partial charge in [0, 0.05) is 25.0 Å². The zero-order chi connectivity index (χ0) is 24.4. The van der Waals surface area contributed by atoms with Crippen molar-refractivity contribution < 1.29 is 14.1 Å². The third kappa shape index (κ3) is 4.17. The fourth-order valence-corrected chi connectivity index (χ4v) is 4.14. The van der Waals surface area contributed by atoms with Crippen molar-refractivity contribution in [3.8, 4) is 5.75 Å². The number of hydrogen-bond donors (Lipinski definition) is 1. The van der Waals surface area contributed by atoms with Crippen LogP contribution < -0.4 is 15.6 Å². The predicted octanol–water partition coefficient (Wildman–Crippen LogP) is 2.75. The van der Waals surface area contributed by atoms with E-state index in [9.17, 15) is 9.59 Å². The van der Waals surface area contributed by atoms with E-state index in [4.69, 9.17) is 20.9 Å². The van der Waals surface area contributed by atoms with Crippen LogP contribution in [0, 0.1) is 0 Å². The van der Waals surface area contributed by atoms with Crippen LogP contribution in [0.25, 0.3) is 0 Å². The van der Waals surface area contributed by atoms with Gasteiger partial charge in [0.1, 0.15) is 29.9 Å². The first-order valence-corrected chi connectivity index (χ1v) is 10.6. The van der Waals surface area contributed by atoms with Crippen molar-refractivity contribution >= 4 is 23.2 Å². The van der Waals surface area contributed by atoms with Crippen LogP contribution in [0.3, 0.4) is 0 Å². The molecule has 2 atom stereocenters. The zero-order valence-electron chi connectivity index (χ0n) is 18.9. The van der Waals surface area contributed by atoms with E-state index >= 15 is 0 Å². The Morgan fingerprint density at radius 3 is 2.62 bits per heavy atom. The number of halogens is 1. The summed E-state index contributed by atoms with van der Waals surface area (Å²) in [6.45, 7) is 1.89. The van der Waals surface area contributed by atoms with Crippen LogP contribution in [0.1, 0.15) is 46.5 Å². The van der Waals surface area contributed by atoms with E-state index < -0.39 is 23.3 Å². The van der Waals surface area contributed by atoms with Gasteiger partial charge in [0.25, 0.3) is 11.5 Å². The number of aromatic nitrogens is 6. The van der Waals surface area contributed by atoms with E-state index in [-0.39, 0.29) is 11.4 Å². The molecule has 0 saturated carbocycles. The van der Waals surface area contributed by atoms with Crippen molar-refractivity contribution in [3.63, 3.8) is 0 Å². The summed E-state index contributed by atoms with van der Waals surface area (Å²) in [6, 6.07) is 7.37. The fraction of sp³-hybridized carbons (Fsp3) is 0.273. The van der Waals surface area contributed by atoms with Gasteiger partial charge in [-0.05, 0) is 11.6 Å². The number of hydrogen-bond acceptors (Lipinski definition) is 8. The molecule has 176 valence electrons. The van der Waals surface area contributed by atoms with E-state index in [0.29, 0.717) is 22.4 Å². The Morgan fingerprint density at radius 1 is 1.24 bits per heavy atom. The molecule has 0 aliphatic rings. The van der Waals surface area contributed by atoms with Crippen molar-refractivity contribution in [2.75, 3.05) is 12.4 Å². The van der Waals surface area contributed by atoms with E-state index in [1.54, 1.807) is 24.0 Å². The molecule has 3 aromatic heterocycles. The smallest absolute Gasteiger partial charge is 0.296 e. The Kier molecular flexibility index (Phi) is 6.46. The SMILES string of the molecule is COc1c(C(=O)Nc2cnoc2)nc(C(C)C(c2ccccc2Cl)c2nncn2C)n(C)c1=O. The summed E-state index contributed by atoms with van der Waals surface area (Å²) >= 11 is 6.55. The summed E-state index contributed by atoms with van der Waals surface area (Å²) in [6.07, 6.45) is 4.18. The minimum Gasteiger partial charge on any atom is -0.489 e. The number of nitrogens with zero attached hydrogens (tertiary/aromatic N) is 6. The highest BCUT2D eigenvalue weighted by atomic mass is 35.5. The Balaban J connectivity index is 1.87. The van der Waals surface area contributed by atoms with Crippen LogP contribution in [-0.2, 0) is 14.1 Å². The minimum atomic E-state index is -0.640. The molecule has 3 heterocycles. The Bertz CT molecular complexity index is 1380. The van der Waals surface area contributed by atoms with Crippen molar-refractivity contribution in [2.45, 2.75) is 18.8 Å². The van der Waals surface area contributed by atoms with Gasteiger partial charge in [-0.1, -0.05) is 41.9 Å². The molecule has 11 nitrogen and oxygen atoms in total. The van der Waals surface area contributed by atoms with E-state index in [2.05, 4.69) is 25.7 Å². The molecule has 12 heteroatoms. The number of carbonyl (C=O) groups excluding carboxylic acids is 1. The number of ether oxygens (including phenoxy) is 1. The second kappa shape index (κ2) is 9.48. The first-order chi connectivity index (χ1) is 16.3. The molecular formula is C22H22ClN7O4. The molecular weight excluding hydrogens is 462 g/mol. The molecule has 0 spiro atoms. The monoisotopic (exact) mass is 483 g/mol. The average Bonchev–Trinajstić information content (AvgIpc) is 3.48. The van der Waals surface area contributed by atoms with Gasteiger partial charge in [-0.3, -0.25) is 14.2 Å². The summed E-state index contributed by atoms with van der Waals surface area (Å²) in [5.74, 6) is -0.704. The van der Waals surface area contributed by atoms with Crippen LogP contribution in [-0.4, -0.2) is 42.5 Å². The average molecular weight is 484 g/mol. The third-order valence-electron chi connectivity index (χ3n) is 5.57. The quantitative estimate of drug-likeness (QED) is 0.424. The van der Waals surface area contributed by atoms with Crippen molar-refractivity contribution in [3.05, 3.63) is 81.3 Å². The summed E-state index contributed by atoms with van der Waals surface area (Å²) in [5.41, 5.74) is 0.431.